The Labute approximate surface area is 95.2 Å². The molecule has 0 unspecified atom stereocenters. The monoisotopic (exact) mass is 217 g/mol. The lowest BCUT2D eigenvalue weighted by Crippen LogP contribution is -1.96. The lowest BCUT2D eigenvalue weighted by Gasteiger charge is -2.05. The third-order valence-electron chi connectivity index (χ3n) is 2.44. The number of nitrogens with zero attached hydrogens (tertiary/aromatic N) is 1. The van der Waals surface area contributed by atoms with Crippen LogP contribution in [0.1, 0.15) is 37.3 Å². The van der Waals surface area contributed by atoms with E-state index in [4.69, 9.17) is 0 Å². The van der Waals surface area contributed by atoms with Gasteiger partial charge in [-0.15, -0.1) is 4.99 Å². The van der Waals surface area contributed by atoms with Gasteiger partial charge < -0.3 is 0 Å². The van der Waals surface area contributed by atoms with Gasteiger partial charge in [0.05, 0.1) is 0 Å². The maximum absolute atomic E-state index is 11.0. The van der Waals surface area contributed by atoms with Crippen molar-refractivity contribution >= 4 is 12.0 Å². The van der Waals surface area contributed by atoms with Gasteiger partial charge in [-0.05, 0) is 23.5 Å². The van der Waals surface area contributed by atoms with E-state index in [1.165, 1.54) is 11.6 Å². The highest BCUT2D eigenvalue weighted by molar-refractivity contribution is 5.81. The maximum atomic E-state index is 11.0. The average Bonchev–Trinajstić information content (AvgIpc) is 2.27. The zero-order chi connectivity index (χ0) is 12.0. The normalized spacial score (nSPS) is 9.94. The highest BCUT2D eigenvalue weighted by Crippen LogP contribution is 2.15. The lowest BCUT2D eigenvalue weighted by molar-refractivity contribution is -0.117. The second-order valence-corrected chi connectivity index (χ2v) is 3.99. The van der Waals surface area contributed by atoms with Crippen molar-refractivity contribution < 1.29 is 9.59 Å². The number of aryl methyl sites for hydroxylation is 1. The van der Waals surface area contributed by atoms with Crippen LogP contribution in [-0.4, -0.2) is 12.0 Å². The minimum Gasteiger partial charge on any atom is -0.272 e. The summed E-state index contributed by atoms with van der Waals surface area (Å²) >= 11 is 0. The van der Waals surface area contributed by atoms with Crippen LogP contribution in [-0.2, 0) is 16.0 Å². The lowest BCUT2D eigenvalue weighted by atomic mass is 10.0. The number of carbonyl (C=O) groups excluding carboxylic acids is 2. The van der Waals surface area contributed by atoms with Crippen molar-refractivity contribution in [3.8, 4) is 0 Å². The molecule has 3 heteroatoms. The average molecular weight is 217 g/mol. The van der Waals surface area contributed by atoms with Crippen LogP contribution in [0.25, 0.3) is 0 Å². The first-order chi connectivity index (χ1) is 7.63. The third kappa shape index (κ3) is 3.79. The molecule has 16 heavy (non-hydrogen) atoms. The molecule has 0 aliphatic rings. The molecule has 0 aliphatic heterocycles. The Morgan fingerprint density at radius 3 is 2.44 bits per heavy atom. The molecule has 1 rings (SSSR count). The maximum Gasteiger partial charge on any atom is 0.256 e. The van der Waals surface area contributed by atoms with Crippen molar-refractivity contribution in [3.63, 3.8) is 0 Å². The molecule has 1 aromatic carbocycles. The Hall–Kier alpha value is -1.73. The van der Waals surface area contributed by atoms with E-state index < -0.39 is 5.91 Å². The van der Waals surface area contributed by atoms with Gasteiger partial charge in [-0.2, -0.15) is 0 Å². The molecule has 0 bridgehead atoms. The molecule has 0 saturated heterocycles. The molecule has 0 atom stereocenters. The van der Waals surface area contributed by atoms with Crippen LogP contribution in [0.4, 0.5) is 0 Å². The van der Waals surface area contributed by atoms with Gasteiger partial charge in [0.15, 0.2) is 0 Å². The van der Waals surface area contributed by atoms with E-state index in [0.29, 0.717) is 12.3 Å². The molecular formula is C13H15NO2. The zero-order valence-electron chi connectivity index (χ0n) is 9.56. The number of aliphatic imine (C=N–C) groups is 1. The van der Waals surface area contributed by atoms with E-state index >= 15 is 0 Å². The highest BCUT2D eigenvalue weighted by atomic mass is 16.2. The van der Waals surface area contributed by atoms with Crippen LogP contribution >= 0.6 is 0 Å². The van der Waals surface area contributed by atoms with Gasteiger partial charge in [-0.25, -0.2) is 4.79 Å². The fraction of sp³-hybridized carbons (Fsp3) is 0.385. The predicted molar refractivity (Wildman–Crippen MR) is 62.0 cm³/mol. The first kappa shape index (κ1) is 12.3. The molecule has 0 heterocycles. The number of hydrogen-bond acceptors (Lipinski definition) is 2. The van der Waals surface area contributed by atoms with Crippen LogP contribution in [0, 0.1) is 0 Å². The third-order valence-corrected chi connectivity index (χ3v) is 2.44. The van der Waals surface area contributed by atoms with Crippen LogP contribution < -0.4 is 0 Å². The second kappa shape index (κ2) is 5.99. The molecule has 84 valence electrons. The van der Waals surface area contributed by atoms with Gasteiger partial charge in [-0.3, -0.25) is 4.79 Å². The molecular weight excluding hydrogens is 202 g/mol. The minimum absolute atomic E-state index is 0.260. The Bertz CT molecular complexity index is 400. The first-order valence-corrected chi connectivity index (χ1v) is 5.33. The molecule has 3 nitrogen and oxygen atoms in total. The molecule has 0 aliphatic carbocycles. The smallest absolute Gasteiger partial charge is 0.256 e. The van der Waals surface area contributed by atoms with Gasteiger partial charge in [-0.1, -0.05) is 38.1 Å². The summed E-state index contributed by atoms with van der Waals surface area (Å²) in [6.07, 6.45) is 2.13. The van der Waals surface area contributed by atoms with E-state index in [-0.39, 0.29) is 6.42 Å². The van der Waals surface area contributed by atoms with Crippen LogP contribution in [0.5, 0.6) is 0 Å². The molecule has 0 saturated carbocycles. The number of benzene rings is 1. The first-order valence-electron chi connectivity index (χ1n) is 5.33. The highest BCUT2D eigenvalue weighted by Gasteiger charge is 2.02. The standard InChI is InChI=1S/C13H15NO2/c1-10(2)12-6-3-11(4-7-12)5-8-13(16)14-9-15/h3-4,6-7,10H,5,8H2,1-2H3. The predicted octanol–water partition coefficient (Wildman–Crippen LogP) is 2.61. The van der Waals surface area contributed by atoms with E-state index in [9.17, 15) is 9.59 Å². The van der Waals surface area contributed by atoms with Gasteiger partial charge in [0.1, 0.15) is 0 Å². The molecule has 0 aromatic heterocycles. The van der Waals surface area contributed by atoms with Crippen molar-refractivity contribution in [2.75, 3.05) is 0 Å². The fourth-order valence-corrected chi connectivity index (χ4v) is 1.43. The number of rotatable bonds is 4. The molecule has 1 aromatic rings. The van der Waals surface area contributed by atoms with Crippen molar-refractivity contribution in [1.82, 2.24) is 0 Å². The number of amides is 1. The summed E-state index contributed by atoms with van der Waals surface area (Å²) in [5, 5.41) is 0. The summed E-state index contributed by atoms with van der Waals surface area (Å²) < 4.78 is 0. The quantitative estimate of drug-likeness (QED) is 0.575. The van der Waals surface area contributed by atoms with Crippen LogP contribution in [0.15, 0.2) is 29.3 Å². The molecule has 0 spiro atoms. The minimum atomic E-state index is -0.414. The molecule has 0 N–H and O–H groups in total. The van der Waals surface area contributed by atoms with Gasteiger partial charge in [0.2, 0.25) is 6.08 Å². The fourth-order valence-electron chi connectivity index (χ4n) is 1.43. The zero-order valence-corrected chi connectivity index (χ0v) is 9.56. The summed E-state index contributed by atoms with van der Waals surface area (Å²) in [6.45, 7) is 4.27. The Morgan fingerprint density at radius 2 is 1.94 bits per heavy atom. The van der Waals surface area contributed by atoms with Crippen LogP contribution in [0.3, 0.4) is 0 Å². The topological polar surface area (TPSA) is 46.5 Å². The van der Waals surface area contributed by atoms with Crippen molar-refractivity contribution in [2.24, 2.45) is 4.99 Å². The number of isocyanates is 1. The van der Waals surface area contributed by atoms with E-state index in [2.05, 4.69) is 31.0 Å². The van der Waals surface area contributed by atoms with Crippen molar-refractivity contribution in [2.45, 2.75) is 32.6 Å². The summed E-state index contributed by atoms with van der Waals surface area (Å²) in [4.78, 5) is 23.8. The number of carbonyl (C=O) groups is 1. The SMILES string of the molecule is CC(C)c1ccc(CCC(=O)N=C=O)cc1. The largest absolute Gasteiger partial charge is 0.272 e. The summed E-state index contributed by atoms with van der Waals surface area (Å²) in [5.74, 6) is 0.0956. The molecule has 0 radical (unpaired) electrons. The number of hydrogen-bond donors (Lipinski definition) is 0. The summed E-state index contributed by atoms with van der Waals surface area (Å²) in [7, 11) is 0. The Balaban J connectivity index is 2.55. The summed E-state index contributed by atoms with van der Waals surface area (Å²) in [6, 6.07) is 8.14. The van der Waals surface area contributed by atoms with Gasteiger partial charge >= 0.3 is 0 Å². The van der Waals surface area contributed by atoms with E-state index in [1.54, 1.807) is 0 Å². The Kier molecular flexibility index (Phi) is 4.62. The van der Waals surface area contributed by atoms with Gasteiger partial charge in [0.25, 0.3) is 5.91 Å². The molecule has 0 fully saturated rings. The van der Waals surface area contributed by atoms with E-state index in [1.807, 2.05) is 12.1 Å². The van der Waals surface area contributed by atoms with E-state index in [0.717, 1.165) is 5.56 Å². The second-order valence-electron chi connectivity index (χ2n) is 3.99. The van der Waals surface area contributed by atoms with Crippen LogP contribution in [0.2, 0.25) is 0 Å². The van der Waals surface area contributed by atoms with Crippen molar-refractivity contribution in [3.05, 3.63) is 35.4 Å². The van der Waals surface area contributed by atoms with Crippen molar-refractivity contribution in [1.29, 1.82) is 0 Å². The Morgan fingerprint density at radius 1 is 1.31 bits per heavy atom. The summed E-state index contributed by atoms with van der Waals surface area (Å²) in [5.41, 5.74) is 2.36. The van der Waals surface area contributed by atoms with Gasteiger partial charge in [0, 0.05) is 6.42 Å². The molecule has 1 amide bonds.